The minimum Gasteiger partial charge on any atom is -0.396 e. The van der Waals surface area contributed by atoms with Crippen molar-refractivity contribution in [3.05, 3.63) is 85.0 Å². The number of ketones is 1. The Hall–Kier alpha value is -1.75. The number of allylic oxidation sites excluding steroid dienone is 2. The summed E-state index contributed by atoms with van der Waals surface area (Å²) < 4.78 is 0. The van der Waals surface area contributed by atoms with Gasteiger partial charge in [-0.3, -0.25) is 4.79 Å². The maximum Gasteiger partial charge on any atom is 0.142 e. The van der Waals surface area contributed by atoms with Crippen molar-refractivity contribution >= 4 is 29.3 Å². The van der Waals surface area contributed by atoms with Crippen LogP contribution < -0.4 is 0 Å². The SMILES string of the molecule is O=C1[C@H](CCO)CCC1(CC/C=C/CSc1ccccc1)CC/C=C/CSc1ccccc1. The molecule has 1 fully saturated rings. The number of hydrogen-bond donors (Lipinski definition) is 1. The zero-order valence-corrected chi connectivity index (χ0v) is 21.0. The lowest BCUT2D eigenvalue weighted by Crippen LogP contribution is -2.29. The Labute approximate surface area is 208 Å². The van der Waals surface area contributed by atoms with Gasteiger partial charge in [0.1, 0.15) is 5.78 Å². The van der Waals surface area contributed by atoms with Crippen LogP contribution in [0.1, 0.15) is 44.9 Å². The van der Waals surface area contributed by atoms with Gasteiger partial charge in [-0.2, -0.15) is 0 Å². The molecule has 1 saturated carbocycles. The third-order valence-corrected chi connectivity index (χ3v) is 8.36. The van der Waals surface area contributed by atoms with Gasteiger partial charge in [0.05, 0.1) is 0 Å². The molecule has 2 nitrogen and oxygen atoms in total. The molecular formula is C29H36O2S2. The summed E-state index contributed by atoms with van der Waals surface area (Å²) in [7, 11) is 0. The first kappa shape index (κ1) is 25.9. The normalized spacial score (nSPS) is 18.0. The lowest BCUT2D eigenvalue weighted by atomic mass is 9.75. The predicted molar refractivity (Wildman–Crippen MR) is 143 cm³/mol. The molecule has 1 N–H and O–H groups in total. The van der Waals surface area contributed by atoms with E-state index in [2.05, 4.69) is 72.8 Å². The highest BCUT2D eigenvalue weighted by molar-refractivity contribution is 7.99. The molecule has 1 atom stereocenters. The van der Waals surface area contributed by atoms with E-state index in [1.165, 1.54) is 9.79 Å². The van der Waals surface area contributed by atoms with E-state index in [0.29, 0.717) is 12.2 Å². The number of hydrogen-bond acceptors (Lipinski definition) is 4. The van der Waals surface area contributed by atoms with Crippen molar-refractivity contribution in [2.24, 2.45) is 11.3 Å². The van der Waals surface area contributed by atoms with Crippen molar-refractivity contribution in [2.75, 3.05) is 18.1 Å². The van der Waals surface area contributed by atoms with Gasteiger partial charge in [-0.15, -0.1) is 23.5 Å². The van der Waals surface area contributed by atoms with Crippen LogP contribution in [-0.2, 0) is 4.79 Å². The van der Waals surface area contributed by atoms with Gasteiger partial charge in [-0.05, 0) is 69.2 Å². The number of rotatable bonds is 14. The molecule has 0 amide bonds. The smallest absolute Gasteiger partial charge is 0.142 e. The van der Waals surface area contributed by atoms with Gasteiger partial charge in [0.25, 0.3) is 0 Å². The number of Topliss-reactive ketones (excluding diaryl/α,β-unsaturated/α-hetero) is 1. The van der Waals surface area contributed by atoms with Gasteiger partial charge in [0.15, 0.2) is 0 Å². The van der Waals surface area contributed by atoms with Crippen molar-refractivity contribution in [1.29, 1.82) is 0 Å². The Balaban J connectivity index is 1.46. The number of aliphatic hydroxyl groups is 1. The van der Waals surface area contributed by atoms with Crippen LogP contribution in [0.25, 0.3) is 0 Å². The quantitative estimate of drug-likeness (QED) is 0.223. The fourth-order valence-corrected chi connectivity index (χ4v) is 6.15. The zero-order valence-electron chi connectivity index (χ0n) is 19.4. The molecule has 0 spiro atoms. The molecule has 0 unspecified atom stereocenters. The number of thioether (sulfide) groups is 2. The molecule has 0 aromatic heterocycles. The van der Waals surface area contributed by atoms with Crippen LogP contribution in [0, 0.1) is 11.3 Å². The molecular weight excluding hydrogens is 444 g/mol. The van der Waals surface area contributed by atoms with Crippen LogP contribution in [0.15, 0.2) is 94.8 Å². The topological polar surface area (TPSA) is 37.3 Å². The molecule has 0 saturated heterocycles. The molecule has 0 bridgehead atoms. The highest BCUT2D eigenvalue weighted by Gasteiger charge is 2.45. The minimum atomic E-state index is -0.215. The maximum absolute atomic E-state index is 13.3. The first-order chi connectivity index (χ1) is 16.2. The third kappa shape index (κ3) is 8.51. The van der Waals surface area contributed by atoms with Crippen LogP contribution in [-0.4, -0.2) is 29.0 Å². The number of carbonyl (C=O) groups is 1. The first-order valence-corrected chi connectivity index (χ1v) is 14.0. The van der Waals surface area contributed by atoms with E-state index >= 15 is 0 Å². The van der Waals surface area contributed by atoms with Crippen molar-refractivity contribution in [3.63, 3.8) is 0 Å². The Morgan fingerprint density at radius 1 is 0.818 bits per heavy atom. The summed E-state index contributed by atoms with van der Waals surface area (Å²) >= 11 is 3.67. The fraction of sp³-hybridized carbons (Fsp3) is 0.414. The molecule has 4 heteroatoms. The molecule has 33 heavy (non-hydrogen) atoms. The second-order valence-electron chi connectivity index (χ2n) is 8.66. The minimum absolute atomic E-state index is 0.0465. The summed E-state index contributed by atoms with van der Waals surface area (Å²) in [6.45, 7) is 0.111. The molecule has 0 aliphatic heterocycles. The van der Waals surface area contributed by atoms with Crippen LogP contribution >= 0.6 is 23.5 Å². The van der Waals surface area contributed by atoms with Crippen LogP contribution in [0.2, 0.25) is 0 Å². The summed E-state index contributed by atoms with van der Waals surface area (Å²) in [6.07, 6.45) is 15.2. The van der Waals surface area contributed by atoms with E-state index in [4.69, 9.17) is 0 Å². The second kappa shape index (κ2) is 14.5. The van der Waals surface area contributed by atoms with Crippen molar-refractivity contribution in [2.45, 2.75) is 54.7 Å². The van der Waals surface area contributed by atoms with E-state index in [9.17, 15) is 9.90 Å². The standard InChI is InChI=1S/C29H36O2S2/c30-22-18-25-17-21-29(28(25)31,19-9-3-11-23-32-26-13-5-1-6-14-26)20-10-4-12-24-33-27-15-7-2-8-16-27/h1-8,11-16,25,30H,9-10,17-24H2/b11-3+,12-4+/t25-/m0/s1. The monoisotopic (exact) mass is 480 g/mol. The van der Waals surface area contributed by atoms with Gasteiger partial charge in [0.2, 0.25) is 0 Å². The van der Waals surface area contributed by atoms with E-state index in [1.807, 2.05) is 35.7 Å². The molecule has 3 rings (SSSR count). The van der Waals surface area contributed by atoms with Crippen molar-refractivity contribution in [3.8, 4) is 0 Å². The van der Waals surface area contributed by atoms with E-state index in [0.717, 1.165) is 50.0 Å². The average molecular weight is 481 g/mol. The van der Waals surface area contributed by atoms with Gasteiger partial charge < -0.3 is 5.11 Å². The van der Waals surface area contributed by atoms with E-state index in [-0.39, 0.29) is 17.9 Å². The Kier molecular flexibility index (Phi) is 11.4. The first-order valence-electron chi connectivity index (χ1n) is 12.0. The second-order valence-corrected chi connectivity index (χ2v) is 10.8. The molecule has 2 aromatic carbocycles. The lowest BCUT2D eigenvalue weighted by Gasteiger charge is -2.27. The van der Waals surface area contributed by atoms with E-state index in [1.54, 1.807) is 0 Å². The summed E-state index contributed by atoms with van der Waals surface area (Å²) in [5.41, 5.74) is -0.215. The van der Waals surface area contributed by atoms with Crippen LogP contribution in [0.4, 0.5) is 0 Å². The fourth-order valence-electron chi connectivity index (χ4n) is 4.60. The van der Waals surface area contributed by atoms with Gasteiger partial charge in [0, 0.05) is 39.2 Å². The van der Waals surface area contributed by atoms with Crippen molar-refractivity contribution < 1.29 is 9.90 Å². The average Bonchev–Trinajstić information content (AvgIpc) is 3.15. The highest BCUT2D eigenvalue weighted by Crippen LogP contribution is 2.46. The molecule has 1 aliphatic carbocycles. The molecule has 2 aromatic rings. The van der Waals surface area contributed by atoms with Crippen molar-refractivity contribution in [1.82, 2.24) is 0 Å². The molecule has 0 heterocycles. The lowest BCUT2D eigenvalue weighted by molar-refractivity contribution is -0.130. The Morgan fingerprint density at radius 2 is 1.33 bits per heavy atom. The Bertz CT molecular complexity index is 820. The zero-order chi connectivity index (χ0) is 23.2. The van der Waals surface area contributed by atoms with Gasteiger partial charge >= 0.3 is 0 Å². The number of carbonyl (C=O) groups excluding carboxylic acids is 1. The summed E-state index contributed by atoms with van der Waals surface area (Å²) in [5.74, 6) is 2.36. The largest absolute Gasteiger partial charge is 0.396 e. The third-order valence-electron chi connectivity index (χ3n) is 6.43. The molecule has 176 valence electrons. The summed E-state index contributed by atoms with van der Waals surface area (Å²) in [6, 6.07) is 20.9. The van der Waals surface area contributed by atoms with Crippen LogP contribution in [0.5, 0.6) is 0 Å². The predicted octanol–water partition coefficient (Wildman–Crippen LogP) is 7.59. The molecule has 1 aliphatic rings. The summed E-state index contributed by atoms with van der Waals surface area (Å²) in [5, 5.41) is 9.37. The van der Waals surface area contributed by atoms with E-state index < -0.39 is 0 Å². The maximum atomic E-state index is 13.3. The summed E-state index contributed by atoms with van der Waals surface area (Å²) in [4.78, 5) is 15.8. The number of aliphatic hydroxyl groups excluding tert-OH is 1. The molecule has 0 radical (unpaired) electrons. The van der Waals surface area contributed by atoms with Crippen LogP contribution in [0.3, 0.4) is 0 Å². The number of benzene rings is 2. The Morgan fingerprint density at radius 3 is 1.82 bits per heavy atom. The van der Waals surface area contributed by atoms with Gasteiger partial charge in [-0.1, -0.05) is 60.7 Å². The van der Waals surface area contributed by atoms with Gasteiger partial charge in [-0.25, -0.2) is 0 Å². The highest BCUT2D eigenvalue weighted by atomic mass is 32.2.